The summed E-state index contributed by atoms with van der Waals surface area (Å²) in [6.07, 6.45) is 6.26. The van der Waals surface area contributed by atoms with Crippen molar-refractivity contribution < 1.29 is 4.74 Å². The maximum absolute atomic E-state index is 5.70. The smallest absolute Gasteiger partial charge is 0.224 e. The van der Waals surface area contributed by atoms with Crippen LogP contribution in [0, 0.1) is 0 Å². The van der Waals surface area contributed by atoms with E-state index >= 15 is 0 Å². The largest absolute Gasteiger partial charge is 0.501 e. The highest BCUT2D eigenvalue weighted by molar-refractivity contribution is 6.28. The SMILES string of the molecule is Clc1ncc2[nH]c(C3CC=COC3)nc2n1. The molecular formula is C10H9ClN4O. The Bertz CT molecular complexity index is 551. The van der Waals surface area contributed by atoms with Gasteiger partial charge in [-0.05, 0) is 24.1 Å². The number of ether oxygens (including phenoxy) is 1. The zero-order valence-corrected chi connectivity index (χ0v) is 9.11. The maximum Gasteiger partial charge on any atom is 0.224 e. The van der Waals surface area contributed by atoms with Gasteiger partial charge >= 0.3 is 0 Å². The number of H-pyrrole nitrogens is 1. The molecule has 1 atom stereocenters. The molecule has 2 aromatic rings. The fourth-order valence-corrected chi connectivity index (χ4v) is 1.85. The molecule has 3 rings (SSSR count). The first kappa shape index (κ1) is 9.59. The molecule has 0 aliphatic carbocycles. The highest BCUT2D eigenvalue weighted by Gasteiger charge is 2.18. The third-order valence-electron chi connectivity index (χ3n) is 2.53. The van der Waals surface area contributed by atoms with Crippen molar-refractivity contribution in [3.05, 3.63) is 29.6 Å². The lowest BCUT2D eigenvalue weighted by molar-refractivity contribution is 0.207. The normalized spacial score (nSPS) is 19.9. The lowest BCUT2D eigenvalue weighted by atomic mass is 10.1. The van der Waals surface area contributed by atoms with E-state index in [1.807, 2.05) is 6.08 Å². The molecule has 16 heavy (non-hydrogen) atoms. The van der Waals surface area contributed by atoms with E-state index in [4.69, 9.17) is 16.3 Å². The number of aromatic nitrogens is 4. The van der Waals surface area contributed by atoms with Crippen LogP contribution in [0.2, 0.25) is 5.28 Å². The molecule has 0 amide bonds. The van der Waals surface area contributed by atoms with Crippen LogP contribution in [-0.2, 0) is 4.74 Å². The number of nitrogens with zero attached hydrogens (tertiary/aromatic N) is 3. The standard InChI is InChI=1S/C10H9ClN4O/c11-10-12-4-7-9(15-10)14-8(13-7)6-2-1-3-16-5-6/h1,3-4,6H,2,5H2,(H,12,13,14,15). The van der Waals surface area contributed by atoms with Gasteiger partial charge in [0.15, 0.2) is 5.65 Å². The summed E-state index contributed by atoms with van der Waals surface area (Å²) in [4.78, 5) is 15.5. The Kier molecular flexibility index (Phi) is 2.25. The molecule has 0 aromatic carbocycles. The van der Waals surface area contributed by atoms with E-state index < -0.39 is 0 Å². The van der Waals surface area contributed by atoms with E-state index in [1.54, 1.807) is 12.5 Å². The molecule has 1 aliphatic rings. The van der Waals surface area contributed by atoms with Crippen molar-refractivity contribution in [2.45, 2.75) is 12.3 Å². The van der Waals surface area contributed by atoms with Crippen molar-refractivity contribution in [2.24, 2.45) is 0 Å². The minimum atomic E-state index is 0.213. The quantitative estimate of drug-likeness (QED) is 0.770. The second-order valence-electron chi connectivity index (χ2n) is 3.64. The molecule has 82 valence electrons. The molecule has 1 aliphatic heterocycles. The van der Waals surface area contributed by atoms with E-state index in [-0.39, 0.29) is 11.2 Å². The first-order chi connectivity index (χ1) is 7.83. The van der Waals surface area contributed by atoms with E-state index in [2.05, 4.69) is 19.9 Å². The summed E-state index contributed by atoms with van der Waals surface area (Å²) in [5.41, 5.74) is 1.40. The van der Waals surface area contributed by atoms with E-state index in [1.165, 1.54) is 0 Å². The fourth-order valence-electron chi connectivity index (χ4n) is 1.72. The molecule has 0 saturated carbocycles. The summed E-state index contributed by atoms with van der Waals surface area (Å²) in [5.74, 6) is 1.12. The fraction of sp³-hybridized carbons (Fsp3) is 0.300. The Hall–Kier alpha value is -1.62. The Morgan fingerprint density at radius 1 is 1.44 bits per heavy atom. The first-order valence-electron chi connectivity index (χ1n) is 4.98. The van der Waals surface area contributed by atoms with Gasteiger partial charge in [0, 0.05) is 0 Å². The average Bonchev–Trinajstić information content (AvgIpc) is 2.73. The summed E-state index contributed by atoms with van der Waals surface area (Å²) < 4.78 is 5.25. The van der Waals surface area contributed by atoms with Gasteiger partial charge in [-0.2, -0.15) is 4.98 Å². The average molecular weight is 237 g/mol. The van der Waals surface area contributed by atoms with Crippen LogP contribution in [0.25, 0.3) is 11.2 Å². The number of allylic oxidation sites excluding steroid dienone is 1. The minimum Gasteiger partial charge on any atom is -0.501 e. The molecule has 6 heteroatoms. The Morgan fingerprint density at radius 2 is 2.38 bits per heavy atom. The summed E-state index contributed by atoms with van der Waals surface area (Å²) in [6.45, 7) is 0.636. The molecule has 0 fully saturated rings. The number of fused-ring (bicyclic) bond motifs is 1. The molecule has 2 aromatic heterocycles. The van der Waals surface area contributed by atoms with Crippen molar-refractivity contribution in [3.63, 3.8) is 0 Å². The number of nitrogens with one attached hydrogen (secondary N) is 1. The maximum atomic E-state index is 5.70. The number of rotatable bonds is 1. The lowest BCUT2D eigenvalue weighted by Crippen LogP contribution is -2.10. The van der Waals surface area contributed by atoms with Crippen molar-refractivity contribution >= 4 is 22.8 Å². The number of halogens is 1. The molecule has 1 unspecified atom stereocenters. The zero-order chi connectivity index (χ0) is 11.0. The van der Waals surface area contributed by atoms with Gasteiger partial charge in [-0.15, -0.1) is 0 Å². The monoisotopic (exact) mass is 236 g/mol. The predicted octanol–water partition coefficient (Wildman–Crippen LogP) is 2.02. The van der Waals surface area contributed by atoms with Crippen molar-refractivity contribution in [3.8, 4) is 0 Å². The molecule has 0 bridgehead atoms. The van der Waals surface area contributed by atoms with Crippen LogP contribution in [0.1, 0.15) is 18.2 Å². The van der Waals surface area contributed by atoms with Crippen LogP contribution >= 0.6 is 11.6 Å². The van der Waals surface area contributed by atoms with Gasteiger partial charge in [0.2, 0.25) is 5.28 Å². The topological polar surface area (TPSA) is 63.7 Å². The Morgan fingerprint density at radius 3 is 3.19 bits per heavy atom. The molecule has 1 N–H and O–H groups in total. The van der Waals surface area contributed by atoms with Gasteiger partial charge < -0.3 is 9.72 Å². The molecule has 5 nitrogen and oxygen atoms in total. The third kappa shape index (κ3) is 1.63. The van der Waals surface area contributed by atoms with Crippen LogP contribution in [0.3, 0.4) is 0 Å². The Labute approximate surface area is 96.5 Å². The highest BCUT2D eigenvalue weighted by Crippen LogP contribution is 2.23. The van der Waals surface area contributed by atoms with Crippen LogP contribution in [-0.4, -0.2) is 26.5 Å². The number of aromatic amines is 1. The molecule has 0 spiro atoms. The second kappa shape index (κ2) is 3.75. The van der Waals surface area contributed by atoms with Crippen LogP contribution in [0.15, 0.2) is 18.5 Å². The minimum absolute atomic E-state index is 0.213. The van der Waals surface area contributed by atoms with Gasteiger partial charge in [0.05, 0.1) is 25.0 Å². The van der Waals surface area contributed by atoms with Crippen molar-refractivity contribution in [1.82, 2.24) is 19.9 Å². The lowest BCUT2D eigenvalue weighted by Gasteiger charge is -2.15. The Balaban J connectivity index is 2.01. The molecule has 0 radical (unpaired) electrons. The van der Waals surface area contributed by atoms with Crippen molar-refractivity contribution in [2.75, 3.05) is 6.61 Å². The molecule has 0 saturated heterocycles. The summed E-state index contributed by atoms with van der Waals surface area (Å²) >= 11 is 5.70. The van der Waals surface area contributed by atoms with E-state index in [0.29, 0.717) is 12.3 Å². The van der Waals surface area contributed by atoms with Crippen molar-refractivity contribution in [1.29, 1.82) is 0 Å². The summed E-state index contributed by atoms with van der Waals surface area (Å²) in [5, 5.41) is 0.213. The molecule has 3 heterocycles. The zero-order valence-electron chi connectivity index (χ0n) is 8.35. The third-order valence-corrected chi connectivity index (χ3v) is 2.71. The number of imidazole rings is 1. The van der Waals surface area contributed by atoms with Gasteiger partial charge in [0.1, 0.15) is 11.3 Å². The van der Waals surface area contributed by atoms with E-state index in [0.717, 1.165) is 17.8 Å². The van der Waals surface area contributed by atoms with Crippen LogP contribution < -0.4 is 0 Å². The predicted molar refractivity (Wildman–Crippen MR) is 59.1 cm³/mol. The summed E-state index contributed by atoms with van der Waals surface area (Å²) in [7, 11) is 0. The number of hydrogen-bond donors (Lipinski definition) is 1. The van der Waals surface area contributed by atoms with Gasteiger partial charge in [-0.1, -0.05) is 0 Å². The highest BCUT2D eigenvalue weighted by atomic mass is 35.5. The second-order valence-corrected chi connectivity index (χ2v) is 3.97. The number of hydrogen-bond acceptors (Lipinski definition) is 4. The molecular weight excluding hydrogens is 228 g/mol. The summed E-state index contributed by atoms with van der Waals surface area (Å²) in [6, 6.07) is 0. The first-order valence-corrected chi connectivity index (χ1v) is 5.35. The van der Waals surface area contributed by atoms with Crippen LogP contribution in [0.5, 0.6) is 0 Å². The van der Waals surface area contributed by atoms with E-state index in [9.17, 15) is 0 Å². The van der Waals surface area contributed by atoms with Gasteiger partial charge in [-0.3, -0.25) is 0 Å². The van der Waals surface area contributed by atoms with Gasteiger partial charge in [0.25, 0.3) is 0 Å². The van der Waals surface area contributed by atoms with Gasteiger partial charge in [-0.25, -0.2) is 9.97 Å². The van der Waals surface area contributed by atoms with Crippen LogP contribution in [0.4, 0.5) is 0 Å².